The summed E-state index contributed by atoms with van der Waals surface area (Å²) in [5.74, 6) is -3.52. The smallest absolute Gasteiger partial charge is 0.389 e. The SMILES string of the molecule is C#CC(=O)OC(F)C(=O)OC(=O)CF. The van der Waals surface area contributed by atoms with Gasteiger partial charge in [-0.2, -0.15) is 4.39 Å². The number of hydrogen-bond acceptors (Lipinski definition) is 5. The maximum atomic E-state index is 12.4. The lowest BCUT2D eigenvalue weighted by molar-refractivity contribution is -0.181. The number of alkyl halides is 2. The molecule has 0 bridgehead atoms. The van der Waals surface area contributed by atoms with Crippen LogP contribution in [0.15, 0.2) is 0 Å². The number of esters is 3. The summed E-state index contributed by atoms with van der Waals surface area (Å²) in [5, 5.41) is 0. The van der Waals surface area contributed by atoms with Gasteiger partial charge < -0.3 is 9.47 Å². The van der Waals surface area contributed by atoms with Gasteiger partial charge in [0.25, 0.3) is 0 Å². The van der Waals surface area contributed by atoms with Crippen LogP contribution < -0.4 is 0 Å². The summed E-state index contributed by atoms with van der Waals surface area (Å²) in [5.41, 5.74) is 0. The van der Waals surface area contributed by atoms with Gasteiger partial charge in [-0.05, 0) is 0 Å². The summed E-state index contributed by atoms with van der Waals surface area (Å²) in [6.45, 7) is -1.60. The number of halogens is 2. The molecule has 1 atom stereocenters. The van der Waals surface area contributed by atoms with E-state index in [4.69, 9.17) is 0 Å². The van der Waals surface area contributed by atoms with E-state index < -0.39 is 30.9 Å². The van der Waals surface area contributed by atoms with E-state index >= 15 is 0 Å². The van der Waals surface area contributed by atoms with E-state index in [2.05, 4.69) is 15.9 Å². The van der Waals surface area contributed by atoms with Crippen molar-refractivity contribution in [2.24, 2.45) is 0 Å². The predicted molar refractivity (Wildman–Crippen MR) is 36.9 cm³/mol. The lowest BCUT2D eigenvalue weighted by atomic mass is 10.6. The van der Waals surface area contributed by atoms with Gasteiger partial charge in [-0.15, -0.1) is 6.42 Å². The highest BCUT2D eigenvalue weighted by Gasteiger charge is 2.25. The number of rotatable bonds is 3. The molecule has 5 nitrogen and oxygen atoms in total. The van der Waals surface area contributed by atoms with Crippen LogP contribution >= 0.6 is 0 Å². The zero-order valence-electron chi connectivity index (χ0n) is 6.66. The minimum absolute atomic E-state index is 1.35. The summed E-state index contributed by atoms with van der Waals surface area (Å²) in [6, 6.07) is 0. The lowest BCUT2D eigenvalue weighted by Crippen LogP contribution is -2.27. The van der Waals surface area contributed by atoms with Crippen molar-refractivity contribution in [3.8, 4) is 12.3 Å². The molecule has 0 radical (unpaired) electrons. The molecule has 0 saturated heterocycles. The molecular formula is C7H4F2O5. The molecule has 1 unspecified atom stereocenters. The number of carbonyl (C=O) groups excluding carboxylic acids is 3. The Morgan fingerprint density at radius 2 is 2.00 bits per heavy atom. The minimum Gasteiger partial charge on any atom is -0.410 e. The number of carbonyl (C=O) groups is 3. The minimum atomic E-state index is -2.84. The van der Waals surface area contributed by atoms with Crippen molar-refractivity contribution < 1.29 is 32.6 Å². The van der Waals surface area contributed by atoms with Gasteiger partial charge in [0.2, 0.25) is 0 Å². The first kappa shape index (κ1) is 12.0. The first-order valence-corrected chi connectivity index (χ1v) is 3.13. The van der Waals surface area contributed by atoms with E-state index in [0.29, 0.717) is 0 Å². The normalized spacial score (nSPS) is 10.9. The molecule has 0 fully saturated rings. The highest BCUT2D eigenvalue weighted by atomic mass is 19.1. The molecule has 0 spiro atoms. The summed E-state index contributed by atoms with van der Waals surface area (Å²) in [4.78, 5) is 30.8. The second-order valence-electron chi connectivity index (χ2n) is 1.79. The summed E-state index contributed by atoms with van der Waals surface area (Å²) >= 11 is 0. The monoisotopic (exact) mass is 206 g/mol. The van der Waals surface area contributed by atoms with Crippen molar-refractivity contribution in [3.63, 3.8) is 0 Å². The van der Waals surface area contributed by atoms with Gasteiger partial charge in [-0.1, -0.05) is 0 Å². The van der Waals surface area contributed by atoms with E-state index in [-0.39, 0.29) is 0 Å². The van der Waals surface area contributed by atoms with Crippen molar-refractivity contribution in [1.82, 2.24) is 0 Å². The second kappa shape index (κ2) is 5.64. The molecule has 0 saturated carbocycles. The topological polar surface area (TPSA) is 69.7 Å². The average molecular weight is 206 g/mol. The van der Waals surface area contributed by atoms with Gasteiger partial charge in [0, 0.05) is 5.92 Å². The zero-order valence-corrected chi connectivity index (χ0v) is 6.66. The fourth-order valence-electron chi connectivity index (χ4n) is 0.362. The maximum absolute atomic E-state index is 12.4. The highest BCUT2D eigenvalue weighted by Crippen LogP contribution is 1.98. The quantitative estimate of drug-likeness (QED) is 0.269. The van der Waals surface area contributed by atoms with Crippen LogP contribution in [0.5, 0.6) is 0 Å². The number of terminal acetylenes is 1. The van der Waals surface area contributed by atoms with Gasteiger partial charge in [0.15, 0.2) is 6.67 Å². The van der Waals surface area contributed by atoms with Crippen LogP contribution in [0.1, 0.15) is 0 Å². The molecule has 0 aliphatic heterocycles. The number of ether oxygens (including phenoxy) is 2. The molecule has 7 heteroatoms. The van der Waals surface area contributed by atoms with Crippen molar-refractivity contribution in [3.05, 3.63) is 0 Å². The Morgan fingerprint density at radius 3 is 2.43 bits per heavy atom. The standard InChI is InChI=1S/C7H4F2O5/c1-2-4(10)13-6(9)7(12)14-5(11)3-8/h1,6H,3H2. The Labute approximate surface area is 77.0 Å². The summed E-state index contributed by atoms with van der Waals surface area (Å²) in [6.07, 6.45) is 1.64. The van der Waals surface area contributed by atoms with Crippen LogP contribution in [0, 0.1) is 12.3 Å². The fraction of sp³-hybridized carbons (Fsp3) is 0.286. The summed E-state index contributed by atoms with van der Waals surface area (Å²) in [7, 11) is 0. The molecule has 0 heterocycles. The molecule has 0 aromatic carbocycles. The van der Waals surface area contributed by atoms with E-state index in [1.54, 1.807) is 0 Å². The Balaban J connectivity index is 4.08. The molecular weight excluding hydrogens is 202 g/mol. The molecule has 0 aliphatic rings. The van der Waals surface area contributed by atoms with E-state index in [1.807, 2.05) is 0 Å². The molecule has 0 amide bonds. The van der Waals surface area contributed by atoms with Crippen LogP contribution in [-0.2, 0) is 23.9 Å². The summed E-state index contributed by atoms with van der Waals surface area (Å²) < 4.78 is 31.0. The van der Waals surface area contributed by atoms with Crippen molar-refractivity contribution in [2.45, 2.75) is 6.36 Å². The highest BCUT2D eigenvalue weighted by molar-refractivity contribution is 5.92. The Hall–Kier alpha value is -1.97. The molecule has 76 valence electrons. The molecule has 0 N–H and O–H groups in total. The van der Waals surface area contributed by atoms with Crippen molar-refractivity contribution >= 4 is 17.9 Å². The first-order chi connectivity index (χ1) is 6.51. The van der Waals surface area contributed by atoms with Crippen molar-refractivity contribution in [2.75, 3.05) is 6.67 Å². The van der Waals surface area contributed by atoms with Crippen LogP contribution in [0.25, 0.3) is 0 Å². The van der Waals surface area contributed by atoms with Gasteiger partial charge in [-0.3, -0.25) is 0 Å². The Bertz CT molecular complexity index is 293. The van der Waals surface area contributed by atoms with Gasteiger partial charge in [-0.25, -0.2) is 18.8 Å². The first-order valence-electron chi connectivity index (χ1n) is 3.13. The fourth-order valence-corrected chi connectivity index (χ4v) is 0.362. The van der Waals surface area contributed by atoms with Crippen molar-refractivity contribution in [1.29, 1.82) is 0 Å². The molecule has 0 aliphatic carbocycles. The van der Waals surface area contributed by atoms with Gasteiger partial charge in [0.05, 0.1) is 0 Å². The average Bonchev–Trinajstić information content (AvgIpc) is 2.17. The second-order valence-corrected chi connectivity index (χ2v) is 1.79. The largest absolute Gasteiger partial charge is 0.410 e. The van der Waals surface area contributed by atoms with Gasteiger partial charge in [0.1, 0.15) is 0 Å². The maximum Gasteiger partial charge on any atom is 0.389 e. The van der Waals surface area contributed by atoms with Crippen LogP contribution in [0.3, 0.4) is 0 Å². The molecule has 0 rings (SSSR count). The van der Waals surface area contributed by atoms with E-state index in [1.165, 1.54) is 5.92 Å². The van der Waals surface area contributed by atoms with E-state index in [9.17, 15) is 23.2 Å². The molecule has 0 aromatic heterocycles. The van der Waals surface area contributed by atoms with Crippen LogP contribution in [0.2, 0.25) is 0 Å². The number of hydrogen-bond donors (Lipinski definition) is 0. The third-order valence-corrected chi connectivity index (χ3v) is 0.837. The molecule has 0 aromatic rings. The molecule has 14 heavy (non-hydrogen) atoms. The third kappa shape index (κ3) is 4.15. The lowest BCUT2D eigenvalue weighted by Gasteiger charge is -2.04. The predicted octanol–water partition coefficient (Wildman–Crippen LogP) is -0.502. The third-order valence-electron chi connectivity index (χ3n) is 0.837. The van der Waals surface area contributed by atoms with E-state index in [0.717, 1.165) is 0 Å². The Morgan fingerprint density at radius 1 is 1.43 bits per heavy atom. The Kier molecular flexibility index (Phi) is 4.84. The van der Waals surface area contributed by atoms with Gasteiger partial charge >= 0.3 is 24.3 Å². The van der Waals surface area contributed by atoms with Crippen LogP contribution in [-0.4, -0.2) is 30.9 Å². The van der Waals surface area contributed by atoms with Crippen LogP contribution in [0.4, 0.5) is 8.78 Å². The zero-order chi connectivity index (χ0) is 11.1.